The minimum absolute atomic E-state index is 0.000359. The van der Waals surface area contributed by atoms with E-state index in [4.69, 9.17) is 9.72 Å². The largest absolute Gasteiger partial charge is 0.444 e. The minimum atomic E-state index is -3.73. The number of rotatable bonds is 9. The first kappa shape index (κ1) is 37.8. The van der Waals surface area contributed by atoms with Crippen LogP contribution in [0.3, 0.4) is 0 Å². The first-order valence-corrected chi connectivity index (χ1v) is 21.1. The fourth-order valence-electron chi connectivity index (χ4n) is 8.52. The van der Waals surface area contributed by atoms with Gasteiger partial charge in [0.1, 0.15) is 17.5 Å². The zero-order valence-electron chi connectivity index (χ0n) is 32.1. The van der Waals surface area contributed by atoms with Crippen molar-refractivity contribution >= 4 is 45.0 Å². The van der Waals surface area contributed by atoms with Crippen LogP contribution in [-0.4, -0.2) is 123 Å². The highest BCUT2D eigenvalue weighted by Gasteiger charge is 2.41. The Morgan fingerprint density at radius 1 is 0.906 bits per heavy atom. The van der Waals surface area contributed by atoms with E-state index in [2.05, 4.69) is 24.7 Å². The molecule has 53 heavy (non-hydrogen) atoms. The van der Waals surface area contributed by atoms with Crippen molar-refractivity contribution in [3.05, 3.63) is 36.4 Å². The topological polar surface area (TPSA) is 131 Å². The van der Waals surface area contributed by atoms with Gasteiger partial charge in [-0.3, -0.25) is 9.69 Å². The number of anilines is 4. The number of pyridine rings is 1. The Balaban J connectivity index is 0.976. The van der Waals surface area contributed by atoms with E-state index in [1.807, 2.05) is 45.9 Å². The number of hydrogen-bond acceptors (Lipinski definition) is 10. The summed E-state index contributed by atoms with van der Waals surface area (Å²) >= 11 is 0. The number of nitrogens with one attached hydrogen (secondary N) is 2. The van der Waals surface area contributed by atoms with Crippen molar-refractivity contribution in [3.8, 4) is 0 Å². The number of amides is 2. The molecular weight excluding hydrogens is 693 g/mol. The van der Waals surface area contributed by atoms with E-state index in [0.29, 0.717) is 55.0 Å². The number of benzene rings is 1. The van der Waals surface area contributed by atoms with Crippen LogP contribution in [0.4, 0.5) is 27.8 Å². The van der Waals surface area contributed by atoms with Crippen molar-refractivity contribution in [2.24, 2.45) is 5.92 Å². The van der Waals surface area contributed by atoms with Crippen molar-refractivity contribution in [2.45, 2.75) is 114 Å². The van der Waals surface area contributed by atoms with Gasteiger partial charge >= 0.3 is 6.09 Å². The Morgan fingerprint density at radius 2 is 1.60 bits per heavy atom. The lowest BCUT2D eigenvalue weighted by Gasteiger charge is -2.46. The first-order valence-electron chi connectivity index (χ1n) is 19.6. The molecule has 7 rings (SSSR count). The van der Waals surface area contributed by atoms with E-state index in [1.54, 1.807) is 35.0 Å². The van der Waals surface area contributed by atoms with Gasteiger partial charge in [-0.25, -0.2) is 22.9 Å². The van der Waals surface area contributed by atoms with Gasteiger partial charge in [-0.1, -0.05) is 6.07 Å². The zero-order valence-corrected chi connectivity index (χ0v) is 32.9. The number of hydrogen-bond donors (Lipinski definition) is 2. The average molecular weight is 751 g/mol. The summed E-state index contributed by atoms with van der Waals surface area (Å²) in [6.07, 6.45) is 7.53. The first-order chi connectivity index (χ1) is 25.2. The maximum atomic E-state index is 13.6. The van der Waals surface area contributed by atoms with Crippen LogP contribution in [0.1, 0.15) is 79.1 Å². The van der Waals surface area contributed by atoms with Crippen LogP contribution in [0.2, 0.25) is 0 Å². The third kappa shape index (κ3) is 8.92. The molecule has 2 N–H and O–H groups in total. The van der Waals surface area contributed by atoms with Crippen LogP contribution in [0.25, 0.3) is 0 Å². The number of ether oxygens (including phenoxy) is 1. The van der Waals surface area contributed by atoms with E-state index in [1.165, 1.54) is 19.4 Å². The molecule has 2 amide bonds. The predicted molar refractivity (Wildman–Crippen MR) is 207 cm³/mol. The summed E-state index contributed by atoms with van der Waals surface area (Å²) in [5, 5.41) is 3.33. The van der Waals surface area contributed by atoms with Crippen LogP contribution < -0.4 is 19.8 Å². The van der Waals surface area contributed by atoms with Crippen LogP contribution in [-0.2, 0) is 19.6 Å². The molecule has 2 aromatic rings. The quantitative estimate of drug-likeness (QED) is 0.361. The summed E-state index contributed by atoms with van der Waals surface area (Å²) in [6.45, 7) is 14.3. The smallest absolute Gasteiger partial charge is 0.410 e. The number of carbonyl (C=O) groups excluding carboxylic acids is 2. The molecule has 0 unspecified atom stereocenters. The van der Waals surface area contributed by atoms with E-state index < -0.39 is 21.7 Å². The van der Waals surface area contributed by atoms with Crippen molar-refractivity contribution in [1.82, 2.24) is 24.4 Å². The molecule has 4 heterocycles. The number of sulfonamides is 1. The van der Waals surface area contributed by atoms with Gasteiger partial charge in [0.15, 0.2) is 5.82 Å². The number of aromatic nitrogens is 1. The second-order valence-electron chi connectivity index (χ2n) is 16.8. The van der Waals surface area contributed by atoms with E-state index >= 15 is 0 Å². The molecule has 0 radical (unpaired) electrons. The van der Waals surface area contributed by atoms with E-state index in [9.17, 15) is 18.0 Å². The van der Waals surface area contributed by atoms with E-state index in [0.717, 1.165) is 57.8 Å². The number of nitrogens with zero attached hydrogens (tertiary/aromatic N) is 6. The molecule has 13 nitrogen and oxygen atoms in total. The molecule has 2 aliphatic carbocycles. The summed E-state index contributed by atoms with van der Waals surface area (Å²) in [5.41, 5.74) is 0.748. The monoisotopic (exact) mass is 750 g/mol. The lowest BCUT2D eigenvalue weighted by Crippen LogP contribution is -2.57. The summed E-state index contributed by atoms with van der Waals surface area (Å²) < 4.78 is 35.8. The SMILES string of the molecule is C[C@@H]1C(=O)N(C)c2ccc(Nc3cccc(S(=O)(=O)NC4CCC(N5CCN(CC6CC6)CC5)CC4)c3)nc2N1C1CCN(C(=O)OC(C)(C)C)CC1. The highest BCUT2D eigenvalue weighted by atomic mass is 32.2. The van der Waals surface area contributed by atoms with Gasteiger partial charge in [0.25, 0.3) is 0 Å². The molecule has 14 heteroatoms. The molecule has 2 saturated heterocycles. The fourth-order valence-corrected chi connectivity index (χ4v) is 9.87. The van der Waals surface area contributed by atoms with Crippen molar-refractivity contribution in [2.75, 3.05) is 68.0 Å². The Bertz CT molecular complexity index is 1740. The Hall–Kier alpha value is -3.46. The zero-order chi connectivity index (χ0) is 37.5. The number of likely N-dealkylation sites (tertiary alicyclic amines) is 1. The number of fused-ring (bicyclic) bond motifs is 1. The summed E-state index contributed by atoms with van der Waals surface area (Å²) in [6, 6.07) is 10.6. The summed E-state index contributed by atoms with van der Waals surface area (Å²) in [4.78, 5) is 42.0. The number of piperidine rings is 1. The summed E-state index contributed by atoms with van der Waals surface area (Å²) in [7, 11) is -1.97. The Morgan fingerprint density at radius 3 is 2.26 bits per heavy atom. The second kappa shape index (κ2) is 15.3. The van der Waals surface area contributed by atoms with Crippen molar-refractivity contribution in [1.29, 1.82) is 0 Å². The molecule has 290 valence electrons. The average Bonchev–Trinajstić information content (AvgIpc) is 3.95. The van der Waals surface area contributed by atoms with Crippen molar-refractivity contribution in [3.63, 3.8) is 0 Å². The van der Waals surface area contributed by atoms with Gasteiger partial charge in [-0.05, 0) is 115 Å². The second-order valence-corrected chi connectivity index (χ2v) is 18.5. The molecule has 1 aromatic carbocycles. The number of likely N-dealkylation sites (N-methyl/N-ethyl adjacent to an activating group) is 1. The van der Waals surface area contributed by atoms with Gasteiger partial charge in [-0.15, -0.1) is 0 Å². The molecule has 1 atom stereocenters. The minimum Gasteiger partial charge on any atom is -0.444 e. The lowest BCUT2D eigenvalue weighted by molar-refractivity contribution is -0.119. The van der Waals surface area contributed by atoms with Crippen LogP contribution >= 0.6 is 0 Å². The molecular formula is C39H58N8O5S. The van der Waals surface area contributed by atoms with Crippen LogP contribution in [0.15, 0.2) is 41.3 Å². The maximum absolute atomic E-state index is 13.6. The Kier molecular flexibility index (Phi) is 11.0. The number of piperazine rings is 1. The molecule has 4 fully saturated rings. The standard InChI is InChI=1S/C39H58N8O5S/c1-27-37(48)43(5)34-15-16-35(41-36(34)47(27)32-17-19-46(20-18-32)38(49)52-39(2,3)4)40-30-7-6-8-33(25-30)53(50,51)42-29-11-13-31(14-12-29)45-23-21-44(22-24-45)26-28-9-10-28/h6-8,15-16,25,27-29,31-32,42H,9-14,17-24,26H2,1-5H3,(H,40,41)/t27-,29?,31?/m1/s1. The summed E-state index contributed by atoms with van der Waals surface area (Å²) in [5.74, 6) is 2.14. The maximum Gasteiger partial charge on any atom is 0.410 e. The number of carbonyl (C=O) groups is 2. The molecule has 0 spiro atoms. The molecule has 0 bridgehead atoms. The van der Waals surface area contributed by atoms with Gasteiger partial charge in [0.2, 0.25) is 15.9 Å². The van der Waals surface area contributed by atoms with Crippen LogP contribution in [0.5, 0.6) is 0 Å². The molecule has 3 aliphatic heterocycles. The van der Waals surface area contributed by atoms with Crippen LogP contribution in [0, 0.1) is 5.92 Å². The molecule has 2 saturated carbocycles. The highest BCUT2D eigenvalue weighted by molar-refractivity contribution is 7.89. The van der Waals surface area contributed by atoms with Gasteiger partial charge < -0.3 is 29.7 Å². The van der Waals surface area contributed by atoms with E-state index in [-0.39, 0.29) is 29.0 Å². The van der Waals surface area contributed by atoms with Crippen molar-refractivity contribution < 1.29 is 22.7 Å². The third-order valence-corrected chi connectivity index (χ3v) is 13.2. The van der Waals surface area contributed by atoms with Gasteiger partial charge in [0.05, 0.1) is 10.6 Å². The normalized spacial score (nSPS) is 25.3. The molecule has 1 aromatic heterocycles. The predicted octanol–water partition coefficient (Wildman–Crippen LogP) is 5.01. The Labute approximate surface area is 315 Å². The fraction of sp³-hybridized carbons (Fsp3) is 0.667. The molecule has 5 aliphatic rings. The highest BCUT2D eigenvalue weighted by Crippen LogP contribution is 2.39. The van der Waals surface area contributed by atoms with Gasteiger partial charge in [-0.2, -0.15) is 0 Å². The third-order valence-electron chi connectivity index (χ3n) is 11.6. The van der Waals surface area contributed by atoms with Gasteiger partial charge in [0, 0.05) is 76.7 Å². The lowest BCUT2D eigenvalue weighted by atomic mass is 9.90.